The number of likely N-dealkylation sites (N-methyl/N-ethyl adjacent to an activating group) is 1. The average Bonchev–Trinajstić information content (AvgIpc) is 3.17. The number of carbonyl (C=O) groups excluding carboxylic acids is 1. The van der Waals surface area contributed by atoms with Gasteiger partial charge in [-0.3, -0.25) is 9.69 Å². The molecule has 31 heavy (non-hydrogen) atoms. The molecule has 0 bridgehead atoms. The van der Waals surface area contributed by atoms with Gasteiger partial charge < -0.3 is 9.64 Å². The van der Waals surface area contributed by atoms with Crippen molar-refractivity contribution in [3.8, 4) is 11.5 Å². The Hall–Kier alpha value is -3.22. The van der Waals surface area contributed by atoms with Crippen LogP contribution in [0.1, 0.15) is 15.9 Å². The molecule has 4 aromatic rings. The highest BCUT2D eigenvalue weighted by molar-refractivity contribution is 7.22. The number of amides is 1. The van der Waals surface area contributed by atoms with Gasteiger partial charge in [0.2, 0.25) is 0 Å². The Labute approximate surface area is 186 Å². The lowest BCUT2D eigenvalue weighted by Crippen LogP contribution is -2.36. The first-order chi connectivity index (χ1) is 15.0. The van der Waals surface area contributed by atoms with Gasteiger partial charge in [0.25, 0.3) is 5.91 Å². The van der Waals surface area contributed by atoms with Crippen molar-refractivity contribution in [3.63, 3.8) is 0 Å². The molecule has 0 unspecified atom stereocenters. The highest BCUT2D eigenvalue weighted by Gasteiger charge is 2.24. The average molecular weight is 432 g/mol. The Bertz CT molecular complexity index is 1190. The number of thiazole rings is 1. The molecule has 0 aliphatic heterocycles. The van der Waals surface area contributed by atoms with Crippen LogP contribution in [0, 0.1) is 6.92 Å². The molecule has 1 heterocycles. The molecule has 1 aromatic heterocycles. The van der Waals surface area contributed by atoms with Gasteiger partial charge in [-0.1, -0.05) is 47.7 Å². The number of fused-ring (bicyclic) bond motifs is 1. The number of carbonyl (C=O) groups is 1. The summed E-state index contributed by atoms with van der Waals surface area (Å²) in [4.78, 5) is 22.3. The molecule has 0 saturated heterocycles. The van der Waals surface area contributed by atoms with Gasteiger partial charge in [0, 0.05) is 13.1 Å². The van der Waals surface area contributed by atoms with Crippen LogP contribution in [-0.4, -0.2) is 43.0 Å². The second-order valence-corrected chi connectivity index (χ2v) is 8.65. The van der Waals surface area contributed by atoms with Crippen LogP contribution in [0.2, 0.25) is 0 Å². The number of aryl methyl sites for hydroxylation is 1. The van der Waals surface area contributed by atoms with E-state index in [1.165, 1.54) is 16.9 Å². The predicted molar refractivity (Wildman–Crippen MR) is 128 cm³/mol. The Morgan fingerprint density at radius 3 is 2.48 bits per heavy atom. The number of benzene rings is 3. The number of anilines is 1. The summed E-state index contributed by atoms with van der Waals surface area (Å²) in [5, 5.41) is 0.696. The summed E-state index contributed by atoms with van der Waals surface area (Å²) in [6.07, 6.45) is 0. The van der Waals surface area contributed by atoms with Crippen molar-refractivity contribution in [1.29, 1.82) is 0 Å². The third-order valence-electron chi connectivity index (χ3n) is 4.87. The minimum absolute atomic E-state index is 0.121. The Balaban J connectivity index is 1.71. The fraction of sp³-hybridized carbons (Fsp3) is 0.200. The summed E-state index contributed by atoms with van der Waals surface area (Å²) in [5.74, 6) is 1.10. The van der Waals surface area contributed by atoms with E-state index in [-0.39, 0.29) is 5.91 Å². The van der Waals surface area contributed by atoms with E-state index >= 15 is 0 Å². The second-order valence-electron chi connectivity index (χ2n) is 7.64. The summed E-state index contributed by atoms with van der Waals surface area (Å²) in [6, 6.07) is 23.0. The maximum absolute atomic E-state index is 13.7. The van der Waals surface area contributed by atoms with Crippen LogP contribution in [0.25, 0.3) is 10.2 Å². The molecule has 3 aromatic carbocycles. The monoisotopic (exact) mass is 431 g/mol. The number of nitrogens with zero attached hydrogens (tertiary/aromatic N) is 3. The van der Waals surface area contributed by atoms with Crippen LogP contribution >= 0.6 is 11.3 Å². The Kier molecular flexibility index (Phi) is 6.30. The van der Waals surface area contributed by atoms with Crippen molar-refractivity contribution in [2.45, 2.75) is 6.92 Å². The number of ether oxygens (including phenoxy) is 1. The minimum atomic E-state index is -0.121. The number of rotatable bonds is 7. The summed E-state index contributed by atoms with van der Waals surface area (Å²) in [7, 11) is 3.99. The second kappa shape index (κ2) is 9.29. The number of hydrogen-bond donors (Lipinski definition) is 0. The fourth-order valence-corrected chi connectivity index (χ4v) is 4.30. The molecule has 0 aliphatic rings. The molecular weight excluding hydrogens is 406 g/mol. The lowest BCUT2D eigenvalue weighted by molar-refractivity contribution is 0.0983. The zero-order valence-electron chi connectivity index (χ0n) is 17.9. The van der Waals surface area contributed by atoms with Crippen molar-refractivity contribution in [2.75, 3.05) is 32.1 Å². The lowest BCUT2D eigenvalue weighted by Gasteiger charge is -2.23. The van der Waals surface area contributed by atoms with E-state index in [4.69, 9.17) is 9.72 Å². The van der Waals surface area contributed by atoms with Gasteiger partial charge in [-0.25, -0.2) is 4.98 Å². The molecule has 5 nitrogen and oxygen atoms in total. The Morgan fingerprint density at radius 1 is 0.968 bits per heavy atom. The SMILES string of the molecule is Cc1ccc2nc(N(CCN(C)C)C(=O)c3ccccc3Oc3ccccc3)sc2c1. The summed E-state index contributed by atoms with van der Waals surface area (Å²) >= 11 is 1.54. The van der Waals surface area contributed by atoms with Gasteiger partial charge in [0.1, 0.15) is 11.5 Å². The third kappa shape index (κ3) is 4.93. The van der Waals surface area contributed by atoms with Crippen molar-refractivity contribution in [2.24, 2.45) is 0 Å². The maximum atomic E-state index is 13.7. The minimum Gasteiger partial charge on any atom is -0.457 e. The number of aromatic nitrogens is 1. The van der Waals surface area contributed by atoms with E-state index in [0.29, 0.717) is 28.7 Å². The number of para-hydroxylation sites is 2. The van der Waals surface area contributed by atoms with Gasteiger partial charge in [0.15, 0.2) is 5.13 Å². The summed E-state index contributed by atoms with van der Waals surface area (Å²) in [6.45, 7) is 3.32. The number of hydrogen-bond acceptors (Lipinski definition) is 5. The van der Waals surface area contributed by atoms with E-state index < -0.39 is 0 Å². The van der Waals surface area contributed by atoms with Gasteiger partial charge >= 0.3 is 0 Å². The molecule has 0 aliphatic carbocycles. The Morgan fingerprint density at radius 2 is 1.71 bits per heavy atom. The first kappa shape index (κ1) is 21.0. The first-order valence-corrected chi connectivity index (χ1v) is 11.0. The van der Waals surface area contributed by atoms with E-state index in [1.807, 2.05) is 74.8 Å². The molecular formula is C25H25N3O2S. The quantitative estimate of drug-likeness (QED) is 0.382. The molecule has 158 valence electrons. The van der Waals surface area contributed by atoms with Gasteiger partial charge in [-0.2, -0.15) is 0 Å². The molecule has 6 heteroatoms. The topological polar surface area (TPSA) is 45.7 Å². The van der Waals surface area contributed by atoms with Crippen LogP contribution in [0.3, 0.4) is 0 Å². The summed E-state index contributed by atoms with van der Waals surface area (Å²) in [5.41, 5.74) is 2.60. The van der Waals surface area contributed by atoms with Gasteiger partial charge in [0.05, 0.1) is 15.8 Å². The smallest absolute Gasteiger partial charge is 0.263 e. The zero-order valence-corrected chi connectivity index (χ0v) is 18.7. The van der Waals surface area contributed by atoms with Crippen molar-refractivity contribution < 1.29 is 9.53 Å². The van der Waals surface area contributed by atoms with Crippen LogP contribution in [-0.2, 0) is 0 Å². The largest absolute Gasteiger partial charge is 0.457 e. The summed E-state index contributed by atoms with van der Waals surface area (Å²) < 4.78 is 7.12. The molecule has 0 radical (unpaired) electrons. The van der Waals surface area contributed by atoms with Crippen LogP contribution in [0.15, 0.2) is 72.8 Å². The highest BCUT2D eigenvalue weighted by atomic mass is 32.1. The molecule has 0 N–H and O–H groups in total. The molecule has 0 fully saturated rings. The van der Waals surface area contributed by atoms with E-state index in [2.05, 4.69) is 17.9 Å². The zero-order chi connectivity index (χ0) is 21.8. The van der Waals surface area contributed by atoms with Crippen LogP contribution in [0.4, 0.5) is 5.13 Å². The van der Waals surface area contributed by atoms with E-state index in [9.17, 15) is 4.79 Å². The van der Waals surface area contributed by atoms with E-state index in [0.717, 1.165) is 16.8 Å². The van der Waals surface area contributed by atoms with Gasteiger partial charge in [-0.15, -0.1) is 0 Å². The highest BCUT2D eigenvalue weighted by Crippen LogP contribution is 2.32. The lowest BCUT2D eigenvalue weighted by atomic mass is 10.1. The van der Waals surface area contributed by atoms with Crippen molar-refractivity contribution in [1.82, 2.24) is 9.88 Å². The van der Waals surface area contributed by atoms with Crippen LogP contribution in [0.5, 0.6) is 11.5 Å². The van der Waals surface area contributed by atoms with Crippen molar-refractivity contribution >= 4 is 32.6 Å². The third-order valence-corrected chi connectivity index (χ3v) is 5.91. The molecule has 1 amide bonds. The van der Waals surface area contributed by atoms with Crippen molar-refractivity contribution in [3.05, 3.63) is 83.9 Å². The van der Waals surface area contributed by atoms with Gasteiger partial charge in [-0.05, 0) is 63.0 Å². The first-order valence-electron chi connectivity index (χ1n) is 10.2. The molecule has 0 spiro atoms. The normalized spacial score (nSPS) is 11.1. The fourth-order valence-electron chi connectivity index (χ4n) is 3.21. The predicted octanol–water partition coefficient (Wildman–Crippen LogP) is 5.61. The maximum Gasteiger partial charge on any atom is 0.263 e. The molecule has 4 rings (SSSR count). The van der Waals surface area contributed by atoms with E-state index in [1.54, 1.807) is 11.0 Å². The standard InChI is InChI=1S/C25H25N3O2S/c1-18-13-14-21-23(17-18)31-25(26-21)28(16-15-27(2)3)24(29)20-11-7-8-12-22(20)30-19-9-5-4-6-10-19/h4-14,17H,15-16H2,1-3H3. The van der Waals surface area contributed by atoms with Crippen LogP contribution < -0.4 is 9.64 Å². The molecule has 0 atom stereocenters. The molecule has 0 saturated carbocycles.